The number of likely N-dealkylation sites (tertiary alicyclic amines) is 1. The Morgan fingerprint density at radius 2 is 2.19 bits per heavy atom. The lowest BCUT2D eigenvalue weighted by Gasteiger charge is -2.31. The van der Waals surface area contributed by atoms with Gasteiger partial charge in [-0.05, 0) is 50.1 Å². The zero-order valence-electron chi connectivity index (χ0n) is 16.0. The number of ketones is 1. The Morgan fingerprint density at radius 1 is 1.38 bits per heavy atom. The van der Waals surface area contributed by atoms with E-state index in [1.807, 2.05) is 39.0 Å². The molecule has 1 fully saturated rings. The van der Waals surface area contributed by atoms with Gasteiger partial charge in [0.15, 0.2) is 5.78 Å². The van der Waals surface area contributed by atoms with Crippen LogP contribution in [0.5, 0.6) is 5.75 Å². The molecule has 6 nitrogen and oxygen atoms in total. The first-order valence-electron chi connectivity index (χ1n) is 9.21. The van der Waals surface area contributed by atoms with Crippen molar-refractivity contribution >= 4 is 5.78 Å². The minimum Gasteiger partial charge on any atom is -0.497 e. The number of hydrogen-bond donors (Lipinski definition) is 0. The number of aromatic nitrogens is 2. The second-order valence-corrected chi connectivity index (χ2v) is 7.31. The van der Waals surface area contributed by atoms with Gasteiger partial charge in [0, 0.05) is 23.9 Å². The summed E-state index contributed by atoms with van der Waals surface area (Å²) in [5.41, 5.74) is 1.75. The zero-order chi connectivity index (χ0) is 18.7. The van der Waals surface area contributed by atoms with Crippen LogP contribution in [-0.2, 0) is 6.54 Å². The number of aryl methyl sites for hydroxylation is 1. The molecule has 1 saturated heterocycles. The average molecular weight is 357 g/mol. The van der Waals surface area contributed by atoms with Crippen molar-refractivity contribution in [2.24, 2.45) is 5.92 Å². The van der Waals surface area contributed by atoms with E-state index in [1.165, 1.54) is 0 Å². The summed E-state index contributed by atoms with van der Waals surface area (Å²) in [7, 11) is 1.64. The predicted octanol–water partition coefficient (Wildman–Crippen LogP) is 3.60. The first kappa shape index (κ1) is 18.6. The molecule has 3 rings (SSSR count). The van der Waals surface area contributed by atoms with E-state index >= 15 is 0 Å². The molecule has 0 amide bonds. The summed E-state index contributed by atoms with van der Waals surface area (Å²) < 4.78 is 10.9. The Hall–Kier alpha value is -2.21. The SMILES string of the molecule is COc1ccc(C(=O)[C@@H]2CCCN(Cc3nnc(C(C)C)o3)C2)c(C)c1. The maximum absolute atomic E-state index is 13.0. The molecule has 0 radical (unpaired) electrons. The van der Waals surface area contributed by atoms with Crippen LogP contribution in [-0.4, -0.2) is 41.1 Å². The lowest BCUT2D eigenvalue weighted by molar-refractivity contribution is 0.0799. The van der Waals surface area contributed by atoms with Gasteiger partial charge in [0.25, 0.3) is 0 Å². The fourth-order valence-corrected chi connectivity index (χ4v) is 3.43. The van der Waals surface area contributed by atoms with Gasteiger partial charge in [0.05, 0.1) is 13.7 Å². The molecule has 1 aromatic carbocycles. The van der Waals surface area contributed by atoms with Crippen LogP contribution in [0, 0.1) is 12.8 Å². The van der Waals surface area contributed by atoms with E-state index < -0.39 is 0 Å². The number of nitrogens with zero attached hydrogens (tertiary/aromatic N) is 3. The van der Waals surface area contributed by atoms with E-state index in [4.69, 9.17) is 9.15 Å². The van der Waals surface area contributed by atoms with Gasteiger partial charge in [-0.25, -0.2) is 0 Å². The number of Topliss-reactive ketones (excluding diaryl/α,β-unsaturated/α-hetero) is 1. The Bertz CT molecular complexity index is 769. The third-order valence-electron chi connectivity index (χ3n) is 4.91. The average Bonchev–Trinajstić information content (AvgIpc) is 3.10. The molecule has 140 valence electrons. The molecule has 26 heavy (non-hydrogen) atoms. The van der Waals surface area contributed by atoms with Crippen LogP contribution in [0.3, 0.4) is 0 Å². The highest BCUT2D eigenvalue weighted by Crippen LogP contribution is 2.25. The van der Waals surface area contributed by atoms with Crippen molar-refractivity contribution in [3.8, 4) is 5.75 Å². The standard InChI is InChI=1S/C20H27N3O3/c1-13(2)20-22-21-18(26-20)12-23-9-5-6-15(11-23)19(24)17-8-7-16(25-4)10-14(17)3/h7-8,10,13,15H,5-6,9,11-12H2,1-4H3/t15-/m1/s1. The van der Waals surface area contributed by atoms with Crippen LogP contribution in [0.4, 0.5) is 0 Å². The Balaban J connectivity index is 1.66. The molecule has 2 aromatic rings. The molecule has 0 unspecified atom stereocenters. The number of carbonyl (C=O) groups excluding carboxylic acids is 1. The fraction of sp³-hybridized carbons (Fsp3) is 0.550. The largest absolute Gasteiger partial charge is 0.497 e. The van der Waals surface area contributed by atoms with Crippen molar-refractivity contribution in [2.45, 2.75) is 46.1 Å². The molecule has 1 aliphatic rings. The first-order valence-corrected chi connectivity index (χ1v) is 9.21. The number of methoxy groups -OCH3 is 1. The molecule has 1 atom stereocenters. The van der Waals surface area contributed by atoms with E-state index in [9.17, 15) is 4.79 Å². The maximum Gasteiger partial charge on any atom is 0.230 e. The molecular formula is C20H27N3O3. The molecule has 1 aliphatic heterocycles. The van der Waals surface area contributed by atoms with E-state index in [1.54, 1.807) is 7.11 Å². The van der Waals surface area contributed by atoms with Crippen LogP contribution >= 0.6 is 0 Å². The minimum atomic E-state index is 0.00309. The zero-order valence-corrected chi connectivity index (χ0v) is 16.0. The summed E-state index contributed by atoms with van der Waals surface area (Å²) in [5.74, 6) is 2.51. The van der Waals surface area contributed by atoms with Crippen molar-refractivity contribution in [3.05, 3.63) is 41.1 Å². The highest BCUT2D eigenvalue weighted by atomic mass is 16.5. The molecule has 1 aromatic heterocycles. The number of benzene rings is 1. The Labute approximate surface area is 154 Å². The van der Waals surface area contributed by atoms with Gasteiger partial charge in [-0.3, -0.25) is 9.69 Å². The van der Waals surface area contributed by atoms with E-state index in [-0.39, 0.29) is 17.6 Å². The summed E-state index contributed by atoms with van der Waals surface area (Å²) in [6, 6.07) is 5.65. The first-order chi connectivity index (χ1) is 12.5. The predicted molar refractivity (Wildman–Crippen MR) is 98.4 cm³/mol. The molecule has 0 saturated carbocycles. The Kier molecular flexibility index (Phi) is 5.71. The maximum atomic E-state index is 13.0. The highest BCUT2D eigenvalue weighted by Gasteiger charge is 2.28. The van der Waals surface area contributed by atoms with Gasteiger partial charge in [0.2, 0.25) is 11.8 Å². The second-order valence-electron chi connectivity index (χ2n) is 7.31. The van der Waals surface area contributed by atoms with Crippen LogP contribution in [0.25, 0.3) is 0 Å². The van der Waals surface area contributed by atoms with Crippen molar-refractivity contribution < 1.29 is 13.9 Å². The molecular weight excluding hydrogens is 330 g/mol. The summed E-state index contributed by atoms with van der Waals surface area (Å²) in [5, 5.41) is 8.22. The molecule has 2 heterocycles. The smallest absolute Gasteiger partial charge is 0.230 e. The number of carbonyl (C=O) groups is 1. The van der Waals surface area contributed by atoms with Gasteiger partial charge in [-0.15, -0.1) is 10.2 Å². The monoisotopic (exact) mass is 357 g/mol. The van der Waals surface area contributed by atoms with Gasteiger partial charge in [-0.1, -0.05) is 13.8 Å². The third-order valence-corrected chi connectivity index (χ3v) is 4.91. The van der Waals surface area contributed by atoms with Crippen LogP contribution < -0.4 is 4.74 Å². The number of piperidine rings is 1. The van der Waals surface area contributed by atoms with Crippen molar-refractivity contribution in [2.75, 3.05) is 20.2 Å². The molecule has 0 N–H and O–H groups in total. The number of rotatable bonds is 6. The third kappa shape index (κ3) is 4.12. The van der Waals surface area contributed by atoms with Crippen LogP contribution in [0.15, 0.2) is 22.6 Å². The highest BCUT2D eigenvalue weighted by molar-refractivity contribution is 5.99. The topological polar surface area (TPSA) is 68.5 Å². The minimum absolute atomic E-state index is 0.00309. The van der Waals surface area contributed by atoms with Gasteiger partial charge in [0.1, 0.15) is 5.75 Å². The normalized spacial score (nSPS) is 18.3. The van der Waals surface area contributed by atoms with Gasteiger partial charge < -0.3 is 9.15 Å². The van der Waals surface area contributed by atoms with Crippen molar-refractivity contribution in [1.29, 1.82) is 0 Å². The second kappa shape index (κ2) is 7.99. The Morgan fingerprint density at radius 3 is 2.85 bits per heavy atom. The van der Waals surface area contributed by atoms with E-state index in [2.05, 4.69) is 15.1 Å². The van der Waals surface area contributed by atoms with Crippen LogP contribution in [0.2, 0.25) is 0 Å². The summed E-state index contributed by atoms with van der Waals surface area (Å²) >= 11 is 0. The van der Waals surface area contributed by atoms with Crippen molar-refractivity contribution in [3.63, 3.8) is 0 Å². The fourth-order valence-electron chi connectivity index (χ4n) is 3.43. The molecule has 0 bridgehead atoms. The molecule has 0 spiro atoms. The number of hydrogen-bond acceptors (Lipinski definition) is 6. The quantitative estimate of drug-likeness (QED) is 0.736. The van der Waals surface area contributed by atoms with Gasteiger partial charge in [-0.2, -0.15) is 0 Å². The molecule has 6 heteroatoms. The van der Waals surface area contributed by atoms with E-state index in [0.29, 0.717) is 18.3 Å². The lowest BCUT2D eigenvalue weighted by atomic mass is 9.88. The summed E-state index contributed by atoms with van der Waals surface area (Å²) in [6.07, 6.45) is 1.92. The van der Waals surface area contributed by atoms with Crippen LogP contribution in [0.1, 0.15) is 60.3 Å². The number of ether oxygens (including phenoxy) is 1. The lowest BCUT2D eigenvalue weighted by Crippen LogP contribution is -2.38. The summed E-state index contributed by atoms with van der Waals surface area (Å²) in [4.78, 5) is 15.2. The van der Waals surface area contributed by atoms with Crippen molar-refractivity contribution in [1.82, 2.24) is 15.1 Å². The molecule has 0 aliphatic carbocycles. The van der Waals surface area contributed by atoms with Gasteiger partial charge >= 0.3 is 0 Å². The summed E-state index contributed by atoms with van der Waals surface area (Å²) in [6.45, 7) is 8.30. The van der Waals surface area contributed by atoms with E-state index in [0.717, 1.165) is 42.8 Å².